The highest BCUT2D eigenvalue weighted by atomic mass is 35.5. The van der Waals surface area contributed by atoms with E-state index in [1.807, 2.05) is 0 Å². The van der Waals surface area contributed by atoms with Crippen molar-refractivity contribution in [3.8, 4) is 0 Å². The second-order valence-electron chi connectivity index (χ2n) is 7.77. The molecule has 8 nitrogen and oxygen atoms in total. The minimum Gasteiger partial charge on any atom is -0.316 e. The third kappa shape index (κ3) is 3.57. The third-order valence-electron chi connectivity index (χ3n) is 5.77. The first-order valence-corrected chi connectivity index (χ1v) is 10.1. The van der Waals surface area contributed by atoms with Gasteiger partial charge in [0.05, 0.1) is 13.1 Å². The second kappa shape index (κ2) is 7.98. The van der Waals surface area contributed by atoms with Crippen LogP contribution < -0.4 is 11.2 Å². The zero-order chi connectivity index (χ0) is 21.6. The molecule has 2 aromatic heterocycles. The number of benzene rings is 1. The number of piperazine rings is 1. The van der Waals surface area contributed by atoms with Gasteiger partial charge in [-0.2, -0.15) is 0 Å². The van der Waals surface area contributed by atoms with E-state index in [9.17, 15) is 14.0 Å². The van der Waals surface area contributed by atoms with Crippen LogP contribution in [0.5, 0.6) is 0 Å². The average Bonchev–Trinajstić information content (AvgIpc) is 3.07. The lowest BCUT2D eigenvalue weighted by atomic mass is 10.2. The Kier molecular flexibility index (Phi) is 5.52. The average molecular weight is 435 g/mol. The van der Waals surface area contributed by atoms with Crippen molar-refractivity contribution in [2.75, 3.05) is 33.2 Å². The predicted molar refractivity (Wildman–Crippen MR) is 114 cm³/mol. The van der Waals surface area contributed by atoms with Crippen molar-refractivity contribution in [3.05, 3.63) is 61.3 Å². The SMILES string of the molecule is CN1CCN(Cc2nc3c(c(=O)n(C)c(=O)n3C)n2Cc2c(F)cccc2Cl)CC1. The number of hydrogen-bond acceptors (Lipinski definition) is 5. The molecule has 0 amide bonds. The van der Waals surface area contributed by atoms with E-state index in [4.69, 9.17) is 11.6 Å². The van der Waals surface area contributed by atoms with Crippen LogP contribution in [0.2, 0.25) is 5.02 Å². The van der Waals surface area contributed by atoms with E-state index in [0.717, 1.165) is 30.7 Å². The van der Waals surface area contributed by atoms with Crippen LogP contribution in [0.15, 0.2) is 27.8 Å². The lowest BCUT2D eigenvalue weighted by Gasteiger charge is -2.32. The van der Waals surface area contributed by atoms with Gasteiger partial charge in [-0.3, -0.25) is 18.8 Å². The monoisotopic (exact) mass is 434 g/mol. The predicted octanol–water partition coefficient (Wildman–Crippen LogP) is 1.02. The minimum atomic E-state index is -0.460. The summed E-state index contributed by atoms with van der Waals surface area (Å²) in [5.41, 5.74) is -0.0679. The molecule has 1 fully saturated rings. The molecule has 0 radical (unpaired) electrons. The van der Waals surface area contributed by atoms with Crippen molar-refractivity contribution in [1.29, 1.82) is 0 Å². The Bertz CT molecular complexity index is 1200. The Hall–Kier alpha value is -2.49. The number of rotatable bonds is 4. The quantitative estimate of drug-likeness (QED) is 0.613. The normalized spacial score (nSPS) is 15.9. The summed E-state index contributed by atoms with van der Waals surface area (Å²) in [7, 11) is 5.08. The van der Waals surface area contributed by atoms with Gasteiger partial charge in [-0.1, -0.05) is 17.7 Å². The number of aryl methyl sites for hydroxylation is 1. The largest absolute Gasteiger partial charge is 0.332 e. The lowest BCUT2D eigenvalue weighted by Crippen LogP contribution is -2.44. The molecular weight excluding hydrogens is 411 g/mol. The van der Waals surface area contributed by atoms with Gasteiger partial charge in [-0.05, 0) is 19.2 Å². The zero-order valence-corrected chi connectivity index (χ0v) is 18.0. The van der Waals surface area contributed by atoms with E-state index in [-0.39, 0.29) is 22.6 Å². The van der Waals surface area contributed by atoms with E-state index in [1.165, 1.54) is 17.7 Å². The number of nitrogens with zero attached hydrogens (tertiary/aromatic N) is 6. The molecule has 0 unspecified atom stereocenters. The van der Waals surface area contributed by atoms with Gasteiger partial charge in [0.15, 0.2) is 11.2 Å². The molecule has 30 heavy (non-hydrogen) atoms. The van der Waals surface area contributed by atoms with Crippen molar-refractivity contribution in [2.45, 2.75) is 13.1 Å². The number of hydrogen-bond donors (Lipinski definition) is 0. The van der Waals surface area contributed by atoms with Gasteiger partial charge in [0.2, 0.25) is 0 Å². The van der Waals surface area contributed by atoms with E-state index in [1.54, 1.807) is 23.7 Å². The molecule has 10 heteroatoms. The van der Waals surface area contributed by atoms with Crippen LogP contribution in [0.3, 0.4) is 0 Å². The molecular formula is C20H24ClFN6O2. The summed E-state index contributed by atoms with van der Waals surface area (Å²) < 4.78 is 18.6. The number of aromatic nitrogens is 4. The Labute approximate surface area is 177 Å². The summed E-state index contributed by atoms with van der Waals surface area (Å²) in [6.07, 6.45) is 0. The number of halogens is 2. The Balaban J connectivity index is 1.88. The fourth-order valence-corrected chi connectivity index (χ4v) is 4.05. The highest BCUT2D eigenvalue weighted by molar-refractivity contribution is 6.31. The van der Waals surface area contributed by atoms with Crippen LogP contribution in [0.25, 0.3) is 11.2 Å². The summed E-state index contributed by atoms with van der Waals surface area (Å²) >= 11 is 6.26. The standard InChI is InChI=1S/C20H24ClFN6O2/c1-24-7-9-27(10-8-24)12-16-23-18-17(19(29)26(3)20(30)25(18)2)28(16)11-13-14(21)5-4-6-15(13)22/h4-6H,7-12H2,1-3H3. The molecule has 160 valence electrons. The molecule has 0 spiro atoms. The summed E-state index contributed by atoms with van der Waals surface area (Å²) in [5.74, 6) is 0.156. The van der Waals surface area contributed by atoms with Crippen molar-refractivity contribution < 1.29 is 4.39 Å². The summed E-state index contributed by atoms with van der Waals surface area (Å²) in [5, 5.41) is 0.282. The highest BCUT2D eigenvalue weighted by Crippen LogP contribution is 2.23. The molecule has 4 rings (SSSR count). The lowest BCUT2D eigenvalue weighted by molar-refractivity contribution is 0.144. The van der Waals surface area contributed by atoms with Gasteiger partial charge >= 0.3 is 5.69 Å². The number of fused-ring (bicyclic) bond motifs is 1. The molecule has 0 bridgehead atoms. The maximum atomic E-state index is 14.5. The van der Waals surface area contributed by atoms with Gasteiger partial charge in [-0.15, -0.1) is 0 Å². The Morgan fingerprint density at radius 2 is 1.73 bits per heavy atom. The van der Waals surface area contributed by atoms with Gasteiger partial charge < -0.3 is 9.47 Å². The van der Waals surface area contributed by atoms with E-state index in [0.29, 0.717) is 18.0 Å². The van der Waals surface area contributed by atoms with Gasteiger partial charge in [0, 0.05) is 50.9 Å². The Morgan fingerprint density at radius 1 is 1.03 bits per heavy atom. The molecule has 0 atom stereocenters. The Morgan fingerprint density at radius 3 is 2.40 bits per heavy atom. The number of likely N-dealkylation sites (N-methyl/N-ethyl adjacent to an activating group) is 1. The van der Waals surface area contributed by atoms with Crippen LogP contribution in [0.1, 0.15) is 11.4 Å². The third-order valence-corrected chi connectivity index (χ3v) is 6.12. The van der Waals surface area contributed by atoms with Gasteiger partial charge in [0.25, 0.3) is 5.56 Å². The van der Waals surface area contributed by atoms with Crippen LogP contribution in [0, 0.1) is 5.82 Å². The molecule has 3 heterocycles. The van der Waals surface area contributed by atoms with Gasteiger partial charge in [-0.25, -0.2) is 14.2 Å². The second-order valence-corrected chi connectivity index (χ2v) is 8.18. The maximum absolute atomic E-state index is 14.5. The van der Waals surface area contributed by atoms with Gasteiger partial charge in [0.1, 0.15) is 11.6 Å². The summed E-state index contributed by atoms with van der Waals surface area (Å²) in [6, 6.07) is 4.50. The van der Waals surface area contributed by atoms with Crippen molar-refractivity contribution >= 4 is 22.8 Å². The van der Waals surface area contributed by atoms with E-state index in [2.05, 4.69) is 21.8 Å². The number of imidazole rings is 1. The highest BCUT2D eigenvalue weighted by Gasteiger charge is 2.23. The van der Waals surface area contributed by atoms with Crippen molar-refractivity contribution in [3.63, 3.8) is 0 Å². The molecule has 0 saturated carbocycles. The molecule has 1 aromatic carbocycles. The fourth-order valence-electron chi connectivity index (χ4n) is 3.83. The molecule has 0 aliphatic carbocycles. The fraction of sp³-hybridized carbons (Fsp3) is 0.450. The first kappa shape index (κ1) is 20.8. The molecule has 1 aliphatic heterocycles. The van der Waals surface area contributed by atoms with Crippen molar-refractivity contribution in [2.24, 2.45) is 14.1 Å². The molecule has 1 saturated heterocycles. The molecule has 3 aromatic rings. The summed E-state index contributed by atoms with van der Waals surface area (Å²) in [6.45, 7) is 4.12. The molecule has 0 N–H and O–H groups in total. The topological polar surface area (TPSA) is 68.3 Å². The van der Waals surface area contributed by atoms with Crippen LogP contribution >= 0.6 is 11.6 Å². The van der Waals surface area contributed by atoms with Crippen LogP contribution in [-0.4, -0.2) is 61.7 Å². The molecule has 1 aliphatic rings. The van der Waals surface area contributed by atoms with Crippen LogP contribution in [-0.2, 0) is 27.2 Å². The smallest absolute Gasteiger partial charge is 0.316 e. The zero-order valence-electron chi connectivity index (χ0n) is 17.2. The van der Waals surface area contributed by atoms with E-state index >= 15 is 0 Å². The minimum absolute atomic E-state index is 0.0541. The summed E-state index contributed by atoms with van der Waals surface area (Å²) in [4.78, 5) is 34.5. The first-order chi connectivity index (χ1) is 14.3. The van der Waals surface area contributed by atoms with Crippen LogP contribution in [0.4, 0.5) is 4.39 Å². The van der Waals surface area contributed by atoms with Crippen molar-refractivity contribution in [1.82, 2.24) is 28.5 Å². The first-order valence-electron chi connectivity index (χ1n) is 9.77. The van der Waals surface area contributed by atoms with E-state index < -0.39 is 17.1 Å². The maximum Gasteiger partial charge on any atom is 0.332 e.